The molecule has 0 saturated heterocycles. The van der Waals surface area contributed by atoms with E-state index in [0.29, 0.717) is 23.6 Å². The molecule has 204 valence electrons. The standard InChI is InChI=1S/C25H20Cl2F7N3O/c1-35-21-20(12-19(27)13-36-21)22(38)37(11-10-15-4-8-18(26)9-5-15)14-16-2-6-17(7-3-16)23(28,24(29,30)31)25(32,33)34/h2-9,12-13H,10-11,14H2,1H3,(H,35,36). The van der Waals surface area contributed by atoms with Gasteiger partial charge in [0.1, 0.15) is 5.82 Å². The van der Waals surface area contributed by atoms with Gasteiger partial charge in [-0.1, -0.05) is 59.6 Å². The average molecular weight is 582 g/mol. The van der Waals surface area contributed by atoms with Crippen molar-refractivity contribution in [2.24, 2.45) is 0 Å². The average Bonchev–Trinajstić information content (AvgIpc) is 2.85. The summed E-state index contributed by atoms with van der Waals surface area (Å²) in [4.78, 5) is 18.8. The Morgan fingerprint density at radius 2 is 1.42 bits per heavy atom. The number of halogens is 9. The molecule has 1 aromatic heterocycles. The predicted molar refractivity (Wildman–Crippen MR) is 130 cm³/mol. The van der Waals surface area contributed by atoms with Crippen LogP contribution in [0.3, 0.4) is 0 Å². The summed E-state index contributed by atoms with van der Waals surface area (Å²) in [6.07, 6.45) is -10.8. The van der Waals surface area contributed by atoms with Crippen molar-refractivity contribution in [1.82, 2.24) is 9.88 Å². The van der Waals surface area contributed by atoms with Gasteiger partial charge in [0.15, 0.2) is 0 Å². The number of aromatic nitrogens is 1. The highest BCUT2D eigenvalue weighted by atomic mass is 35.5. The minimum atomic E-state index is -6.23. The molecule has 38 heavy (non-hydrogen) atoms. The van der Waals surface area contributed by atoms with E-state index < -0.39 is 29.5 Å². The van der Waals surface area contributed by atoms with Gasteiger partial charge in [-0.15, -0.1) is 0 Å². The number of nitrogens with one attached hydrogen (secondary N) is 1. The van der Waals surface area contributed by atoms with Gasteiger partial charge in [0, 0.05) is 36.9 Å². The van der Waals surface area contributed by atoms with Crippen LogP contribution in [-0.2, 0) is 18.6 Å². The van der Waals surface area contributed by atoms with Gasteiger partial charge in [0.05, 0.1) is 10.6 Å². The van der Waals surface area contributed by atoms with Gasteiger partial charge in [-0.05, 0) is 35.7 Å². The topological polar surface area (TPSA) is 45.2 Å². The number of carbonyl (C=O) groups is 1. The molecule has 1 N–H and O–H groups in total. The summed E-state index contributed by atoms with van der Waals surface area (Å²) < 4.78 is 93.0. The Morgan fingerprint density at radius 1 is 0.868 bits per heavy atom. The summed E-state index contributed by atoms with van der Waals surface area (Å²) in [5.74, 6) is -0.336. The first-order valence-corrected chi connectivity index (χ1v) is 11.7. The predicted octanol–water partition coefficient (Wildman–Crippen LogP) is 7.60. The van der Waals surface area contributed by atoms with Crippen LogP contribution in [0, 0.1) is 0 Å². The number of hydrogen-bond donors (Lipinski definition) is 1. The lowest BCUT2D eigenvalue weighted by molar-refractivity contribution is -0.348. The molecule has 0 saturated carbocycles. The third kappa shape index (κ3) is 6.32. The van der Waals surface area contributed by atoms with Crippen molar-refractivity contribution >= 4 is 34.9 Å². The molecule has 0 atom stereocenters. The van der Waals surface area contributed by atoms with Crippen molar-refractivity contribution in [2.75, 3.05) is 18.9 Å². The molecule has 1 heterocycles. The van der Waals surface area contributed by atoms with E-state index in [9.17, 15) is 35.5 Å². The molecule has 0 fully saturated rings. The first-order valence-electron chi connectivity index (χ1n) is 11.0. The first-order chi connectivity index (χ1) is 17.7. The number of amides is 1. The van der Waals surface area contributed by atoms with Gasteiger partial charge < -0.3 is 10.2 Å². The van der Waals surface area contributed by atoms with E-state index >= 15 is 0 Å². The number of carbonyl (C=O) groups excluding carboxylic acids is 1. The molecule has 0 aliphatic carbocycles. The Bertz CT molecular complexity index is 1250. The van der Waals surface area contributed by atoms with Crippen LogP contribution < -0.4 is 5.32 Å². The molecule has 3 rings (SSSR count). The first kappa shape index (κ1) is 29.5. The molecule has 2 aromatic carbocycles. The van der Waals surface area contributed by atoms with Crippen molar-refractivity contribution in [3.05, 3.63) is 93.1 Å². The SMILES string of the molecule is CNc1ncc(Cl)cc1C(=O)N(CCc1ccc(Cl)cc1)Cc1ccc(C(F)(C(F)(F)F)C(F)(F)F)cc1. The third-order valence-electron chi connectivity index (χ3n) is 5.70. The summed E-state index contributed by atoms with van der Waals surface area (Å²) in [6.45, 7) is -0.101. The quantitative estimate of drug-likeness (QED) is 0.278. The van der Waals surface area contributed by atoms with E-state index in [-0.39, 0.29) is 35.1 Å². The fourth-order valence-electron chi connectivity index (χ4n) is 3.69. The van der Waals surface area contributed by atoms with Crippen LogP contribution in [0.2, 0.25) is 10.0 Å². The lowest BCUT2D eigenvalue weighted by Crippen LogP contribution is -2.50. The molecular weight excluding hydrogens is 562 g/mol. The van der Waals surface area contributed by atoms with Crippen molar-refractivity contribution in [1.29, 1.82) is 0 Å². The van der Waals surface area contributed by atoms with E-state index in [0.717, 1.165) is 17.7 Å². The highest BCUT2D eigenvalue weighted by Crippen LogP contribution is 2.53. The van der Waals surface area contributed by atoms with Crippen LogP contribution in [0.5, 0.6) is 0 Å². The monoisotopic (exact) mass is 581 g/mol. The highest BCUT2D eigenvalue weighted by molar-refractivity contribution is 6.31. The second kappa shape index (κ2) is 11.4. The summed E-state index contributed by atoms with van der Waals surface area (Å²) in [5, 5.41) is 3.45. The molecule has 0 bridgehead atoms. The van der Waals surface area contributed by atoms with Gasteiger partial charge in [0.25, 0.3) is 5.91 Å². The fraction of sp³-hybridized carbons (Fsp3) is 0.280. The minimum Gasteiger partial charge on any atom is -0.372 e. The van der Waals surface area contributed by atoms with Crippen LogP contribution in [0.4, 0.5) is 36.6 Å². The van der Waals surface area contributed by atoms with Crippen LogP contribution in [0.1, 0.15) is 27.0 Å². The number of pyridine rings is 1. The zero-order chi connectivity index (χ0) is 28.3. The normalized spacial score (nSPS) is 12.4. The summed E-state index contributed by atoms with van der Waals surface area (Å²) in [7, 11) is 1.54. The number of rotatable bonds is 8. The largest absolute Gasteiger partial charge is 0.435 e. The third-order valence-corrected chi connectivity index (χ3v) is 6.16. The van der Waals surface area contributed by atoms with Crippen LogP contribution in [0.15, 0.2) is 60.8 Å². The Hall–Kier alpha value is -3.05. The van der Waals surface area contributed by atoms with E-state index in [1.54, 1.807) is 24.3 Å². The Kier molecular flexibility index (Phi) is 8.82. The second-order valence-electron chi connectivity index (χ2n) is 8.25. The second-order valence-corrected chi connectivity index (χ2v) is 9.13. The zero-order valence-electron chi connectivity index (χ0n) is 19.6. The van der Waals surface area contributed by atoms with Crippen molar-refractivity contribution in [3.63, 3.8) is 0 Å². The van der Waals surface area contributed by atoms with E-state index in [1.807, 2.05) is 0 Å². The lowest BCUT2D eigenvalue weighted by Gasteiger charge is -2.30. The fourth-order valence-corrected chi connectivity index (χ4v) is 3.97. The molecule has 4 nitrogen and oxygen atoms in total. The number of benzene rings is 2. The molecule has 0 unspecified atom stereocenters. The van der Waals surface area contributed by atoms with Crippen LogP contribution in [0.25, 0.3) is 0 Å². The zero-order valence-corrected chi connectivity index (χ0v) is 21.1. The van der Waals surface area contributed by atoms with E-state index in [4.69, 9.17) is 23.2 Å². The highest BCUT2D eigenvalue weighted by Gasteiger charge is 2.73. The summed E-state index contributed by atoms with van der Waals surface area (Å²) in [5.41, 5.74) is -6.07. The molecule has 0 aliphatic heterocycles. The van der Waals surface area contributed by atoms with Gasteiger partial charge in [-0.3, -0.25) is 4.79 Å². The van der Waals surface area contributed by atoms with Gasteiger partial charge in [0.2, 0.25) is 0 Å². The van der Waals surface area contributed by atoms with Crippen LogP contribution >= 0.6 is 23.2 Å². The van der Waals surface area contributed by atoms with Gasteiger partial charge >= 0.3 is 18.0 Å². The maximum Gasteiger partial charge on any atom is 0.435 e. The molecular formula is C25H20Cl2F7N3O. The number of hydrogen-bond acceptors (Lipinski definition) is 3. The van der Waals surface area contributed by atoms with Crippen molar-refractivity contribution in [3.8, 4) is 0 Å². The number of alkyl halides is 7. The molecule has 13 heteroatoms. The Morgan fingerprint density at radius 3 is 1.95 bits per heavy atom. The molecule has 0 radical (unpaired) electrons. The van der Waals surface area contributed by atoms with Crippen molar-refractivity contribution < 1.29 is 35.5 Å². The van der Waals surface area contributed by atoms with Crippen molar-refractivity contribution in [2.45, 2.75) is 31.0 Å². The van der Waals surface area contributed by atoms with E-state index in [2.05, 4.69) is 10.3 Å². The molecule has 0 aliphatic rings. The van der Waals surface area contributed by atoms with Gasteiger partial charge in [-0.25, -0.2) is 9.37 Å². The number of nitrogens with zero attached hydrogens (tertiary/aromatic N) is 2. The smallest absolute Gasteiger partial charge is 0.372 e. The molecule has 0 spiro atoms. The van der Waals surface area contributed by atoms with E-state index in [1.165, 1.54) is 24.2 Å². The maximum atomic E-state index is 14.4. The van der Waals surface area contributed by atoms with Gasteiger partial charge in [-0.2, -0.15) is 26.3 Å². The lowest BCUT2D eigenvalue weighted by atomic mass is 9.93. The summed E-state index contributed by atoms with van der Waals surface area (Å²) >= 11 is 11.9. The Balaban J connectivity index is 1.94. The Labute approximate surface area is 223 Å². The number of anilines is 1. The maximum absolute atomic E-state index is 14.4. The molecule has 3 aromatic rings. The molecule has 1 amide bonds. The van der Waals surface area contributed by atoms with Crippen LogP contribution in [-0.4, -0.2) is 41.7 Å². The minimum absolute atomic E-state index is 0.102. The summed E-state index contributed by atoms with van der Waals surface area (Å²) in [6, 6.07) is 10.8.